The van der Waals surface area contributed by atoms with E-state index in [-0.39, 0.29) is 0 Å². The Balaban J connectivity index is 1.78. The first-order valence-electron chi connectivity index (χ1n) is 7.55. The van der Waals surface area contributed by atoms with Crippen LogP contribution < -0.4 is 5.32 Å². The lowest BCUT2D eigenvalue weighted by Crippen LogP contribution is -2.33. The van der Waals surface area contributed by atoms with Gasteiger partial charge in [-0.3, -0.25) is 0 Å². The number of anilines is 1. The number of nitriles is 1. The minimum absolute atomic E-state index is 0.323. The Kier molecular flexibility index (Phi) is 4.03. The normalized spacial score (nSPS) is 16.8. The number of fused-ring (bicyclic) bond motifs is 1. The smallest absolute Gasteiger partial charge is 0.128 e. The van der Waals surface area contributed by atoms with Crippen LogP contribution in [0.1, 0.15) is 25.3 Å². The summed E-state index contributed by atoms with van der Waals surface area (Å²) in [5, 5.41) is 13.7. The molecule has 4 heteroatoms. The molecule has 1 aromatic carbocycles. The number of hydrogen-bond acceptors (Lipinski definition) is 4. The van der Waals surface area contributed by atoms with Crippen molar-refractivity contribution in [3.8, 4) is 6.07 Å². The first kappa shape index (κ1) is 13.8. The third-order valence-corrected chi connectivity index (χ3v) is 3.96. The molecule has 1 N–H and O–H groups in total. The second-order valence-electron chi connectivity index (χ2n) is 5.74. The SMILES string of the molecule is CC(CN1CCCC1)Nc1cc(C#N)c2ccccc2n1. The molecule has 1 atom stereocenters. The fourth-order valence-electron chi connectivity index (χ4n) is 2.99. The summed E-state index contributed by atoms with van der Waals surface area (Å²) >= 11 is 0. The fraction of sp³-hybridized carbons (Fsp3) is 0.412. The van der Waals surface area contributed by atoms with E-state index in [1.54, 1.807) is 0 Å². The average molecular weight is 280 g/mol. The van der Waals surface area contributed by atoms with Crippen molar-refractivity contribution in [3.05, 3.63) is 35.9 Å². The van der Waals surface area contributed by atoms with Gasteiger partial charge >= 0.3 is 0 Å². The van der Waals surface area contributed by atoms with Crippen molar-refractivity contribution in [1.82, 2.24) is 9.88 Å². The summed E-state index contributed by atoms with van der Waals surface area (Å²) in [7, 11) is 0. The Bertz CT molecular complexity index is 668. The van der Waals surface area contributed by atoms with Crippen molar-refractivity contribution in [2.24, 2.45) is 0 Å². The van der Waals surface area contributed by atoms with Crippen molar-refractivity contribution in [3.63, 3.8) is 0 Å². The van der Waals surface area contributed by atoms with E-state index in [9.17, 15) is 5.26 Å². The number of nitrogens with zero attached hydrogens (tertiary/aromatic N) is 3. The van der Waals surface area contributed by atoms with Gasteiger partial charge in [0, 0.05) is 18.0 Å². The lowest BCUT2D eigenvalue weighted by atomic mass is 10.1. The molecule has 1 saturated heterocycles. The van der Waals surface area contributed by atoms with Crippen LogP contribution in [0.25, 0.3) is 10.9 Å². The number of pyridine rings is 1. The van der Waals surface area contributed by atoms with Crippen LogP contribution in [0.5, 0.6) is 0 Å². The van der Waals surface area contributed by atoms with Crippen LogP contribution >= 0.6 is 0 Å². The van der Waals surface area contributed by atoms with Gasteiger partial charge in [0.15, 0.2) is 0 Å². The Morgan fingerprint density at radius 1 is 1.33 bits per heavy atom. The number of rotatable bonds is 4. The van der Waals surface area contributed by atoms with Crippen molar-refractivity contribution < 1.29 is 0 Å². The van der Waals surface area contributed by atoms with Crippen LogP contribution in [0, 0.1) is 11.3 Å². The third-order valence-electron chi connectivity index (χ3n) is 3.96. The Labute approximate surface area is 125 Å². The number of aromatic nitrogens is 1. The molecule has 0 radical (unpaired) electrons. The first-order chi connectivity index (χ1) is 10.3. The topological polar surface area (TPSA) is 52.0 Å². The van der Waals surface area contributed by atoms with Gasteiger partial charge in [0.25, 0.3) is 0 Å². The Morgan fingerprint density at radius 3 is 2.86 bits per heavy atom. The standard InChI is InChI=1S/C17H20N4/c1-13(12-21-8-4-5-9-21)19-17-10-14(11-18)15-6-2-3-7-16(15)20-17/h2-3,6-7,10,13H,4-5,8-9,12H2,1H3,(H,19,20). The Morgan fingerprint density at radius 2 is 2.10 bits per heavy atom. The minimum atomic E-state index is 0.323. The van der Waals surface area contributed by atoms with Gasteiger partial charge in [-0.25, -0.2) is 4.98 Å². The first-order valence-corrected chi connectivity index (χ1v) is 7.55. The molecule has 108 valence electrons. The highest BCUT2D eigenvalue weighted by Crippen LogP contribution is 2.20. The van der Waals surface area contributed by atoms with E-state index in [1.807, 2.05) is 30.3 Å². The molecule has 1 aliphatic rings. The highest BCUT2D eigenvalue weighted by atomic mass is 15.2. The molecule has 0 spiro atoms. The van der Waals surface area contributed by atoms with E-state index < -0.39 is 0 Å². The van der Waals surface area contributed by atoms with Gasteiger partial charge in [0.1, 0.15) is 5.82 Å². The molecule has 0 amide bonds. The fourth-order valence-corrected chi connectivity index (χ4v) is 2.99. The predicted molar refractivity (Wildman–Crippen MR) is 85.2 cm³/mol. The molecule has 1 aromatic heterocycles. The van der Waals surface area contributed by atoms with Crippen LogP contribution in [0.15, 0.2) is 30.3 Å². The third kappa shape index (κ3) is 3.14. The largest absolute Gasteiger partial charge is 0.366 e. The summed E-state index contributed by atoms with van der Waals surface area (Å²) in [6.45, 7) is 5.58. The molecular weight excluding hydrogens is 260 g/mol. The van der Waals surface area contributed by atoms with Crippen LogP contribution in [0.4, 0.5) is 5.82 Å². The molecule has 0 bridgehead atoms. The Hall–Kier alpha value is -2.12. The van der Waals surface area contributed by atoms with E-state index in [1.165, 1.54) is 25.9 Å². The molecule has 2 heterocycles. The van der Waals surface area contributed by atoms with Crippen molar-refractivity contribution in [2.75, 3.05) is 25.0 Å². The van der Waals surface area contributed by atoms with Gasteiger partial charge in [0.2, 0.25) is 0 Å². The highest BCUT2D eigenvalue weighted by molar-refractivity contribution is 5.86. The number of benzene rings is 1. The van der Waals surface area contributed by atoms with E-state index in [2.05, 4.69) is 28.2 Å². The monoisotopic (exact) mass is 280 g/mol. The molecule has 1 aliphatic heterocycles. The lowest BCUT2D eigenvalue weighted by molar-refractivity contribution is 0.327. The molecule has 1 fully saturated rings. The molecule has 3 rings (SSSR count). The maximum absolute atomic E-state index is 9.31. The molecule has 0 saturated carbocycles. The van der Waals surface area contributed by atoms with E-state index in [0.29, 0.717) is 11.6 Å². The molecule has 1 unspecified atom stereocenters. The number of likely N-dealkylation sites (tertiary alicyclic amines) is 1. The summed E-state index contributed by atoms with van der Waals surface area (Å²) in [5.74, 6) is 0.789. The van der Waals surface area contributed by atoms with Gasteiger partial charge in [-0.2, -0.15) is 5.26 Å². The van der Waals surface area contributed by atoms with E-state index >= 15 is 0 Å². The molecule has 2 aromatic rings. The summed E-state index contributed by atoms with van der Waals surface area (Å²) in [5.41, 5.74) is 1.55. The van der Waals surface area contributed by atoms with E-state index in [4.69, 9.17) is 0 Å². The lowest BCUT2D eigenvalue weighted by Gasteiger charge is -2.21. The van der Waals surface area contributed by atoms with Crippen molar-refractivity contribution >= 4 is 16.7 Å². The van der Waals surface area contributed by atoms with Gasteiger partial charge in [-0.05, 0) is 45.0 Å². The zero-order valence-corrected chi connectivity index (χ0v) is 12.3. The summed E-state index contributed by atoms with van der Waals surface area (Å²) in [4.78, 5) is 7.09. The minimum Gasteiger partial charge on any atom is -0.366 e. The van der Waals surface area contributed by atoms with Crippen LogP contribution in [-0.2, 0) is 0 Å². The zero-order chi connectivity index (χ0) is 14.7. The summed E-state index contributed by atoms with van der Waals surface area (Å²) < 4.78 is 0. The van der Waals surface area contributed by atoms with Crippen LogP contribution in [0.2, 0.25) is 0 Å². The number of nitrogens with one attached hydrogen (secondary N) is 1. The van der Waals surface area contributed by atoms with Crippen LogP contribution in [-0.4, -0.2) is 35.6 Å². The number of hydrogen-bond donors (Lipinski definition) is 1. The maximum Gasteiger partial charge on any atom is 0.128 e. The second-order valence-corrected chi connectivity index (χ2v) is 5.74. The van der Waals surface area contributed by atoms with Crippen molar-refractivity contribution in [1.29, 1.82) is 5.26 Å². The summed E-state index contributed by atoms with van der Waals surface area (Å²) in [6.07, 6.45) is 2.61. The molecule has 4 nitrogen and oxygen atoms in total. The zero-order valence-electron chi connectivity index (χ0n) is 12.3. The van der Waals surface area contributed by atoms with Gasteiger partial charge in [-0.1, -0.05) is 18.2 Å². The molecule has 21 heavy (non-hydrogen) atoms. The van der Waals surface area contributed by atoms with E-state index in [0.717, 1.165) is 23.3 Å². The van der Waals surface area contributed by atoms with Gasteiger partial charge in [0.05, 0.1) is 17.1 Å². The average Bonchev–Trinajstić information content (AvgIpc) is 2.99. The quantitative estimate of drug-likeness (QED) is 0.935. The molecular formula is C17H20N4. The molecule has 0 aliphatic carbocycles. The van der Waals surface area contributed by atoms with Crippen LogP contribution in [0.3, 0.4) is 0 Å². The van der Waals surface area contributed by atoms with Gasteiger partial charge < -0.3 is 10.2 Å². The highest BCUT2D eigenvalue weighted by Gasteiger charge is 2.15. The summed E-state index contributed by atoms with van der Waals surface area (Å²) in [6, 6.07) is 12.2. The second kappa shape index (κ2) is 6.11. The number of para-hydroxylation sites is 1. The maximum atomic E-state index is 9.31. The predicted octanol–water partition coefficient (Wildman–Crippen LogP) is 3.00. The van der Waals surface area contributed by atoms with Crippen molar-refractivity contribution in [2.45, 2.75) is 25.8 Å². The van der Waals surface area contributed by atoms with Gasteiger partial charge in [-0.15, -0.1) is 0 Å².